The van der Waals surface area contributed by atoms with Gasteiger partial charge in [-0.05, 0) is 40.2 Å². The van der Waals surface area contributed by atoms with E-state index < -0.39 is 0 Å². The number of rotatable bonds is 2. The van der Waals surface area contributed by atoms with E-state index in [-0.39, 0.29) is 0 Å². The van der Waals surface area contributed by atoms with Crippen LogP contribution in [0.15, 0.2) is 53.1 Å². The Morgan fingerprint density at radius 3 is 2.58 bits per heavy atom. The largest absolute Gasteiger partial charge is 0.434 e. The summed E-state index contributed by atoms with van der Waals surface area (Å²) in [6, 6.07) is 13.1. The molecule has 4 nitrogen and oxygen atoms in total. The highest BCUT2D eigenvalue weighted by Gasteiger charge is 2.08. The molecule has 0 atom stereocenters. The van der Waals surface area contributed by atoms with E-state index in [0.717, 1.165) is 15.5 Å². The highest BCUT2D eigenvalue weighted by atomic mass is 79.9. The van der Waals surface area contributed by atoms with Crippen LogP contribution in [0, 0.1) is 0 Å². The molecule has 0 aliphatic heterocycles. The summed E-state index contributed by atoms with van der Waals surface area (Å²) >= 11 is 3.40. The maximum atomic E-state index is 5.88. The van der Waals surface area contributed by atoms with Crippen molar-refractivity contribution in [2.24, 2.45) is 0 Å². The molecule has 5 heteroatoms. The van der Waals surface area contributed by atoms with Crippen LogP contribution in [0.4, 0.5) is 5.69 Å². The predicted molar refractivity (Wildman–Crippen MR) is 78.2 cm³/mol. The van der Waals surface area contributed by atoms with Gasteiger partial charge < -0.3 is 10.5 Å². The summed E-state index contributed by atoms with van der Waals surface area (Å²) in [6.07, 6.45) is 1.58. The van der Waals surface area contributed by atoms with E-state index in [1.54, 1.807) is 12.3 Å². The Hall–Kier alpha value is -2.14. The van der Waals surface area contributed by atoms with Crippen LogP contribution in [0.1, 0.15) is 0 Å². The number of halogens is 1. The van der Waals surface area contributed by atoms with Gasteiger partial charge in [-0.15, -0.1) is 0 Å². The minimum Gasteiger partial charge on any atom is -0.434 e. The minimum absolute atomic E-state index is 0.414. The zero-order valence-corrected chi connectivity index (χ0v) is 11.5. The van der Waals surface area contributed by atoms with Crippen molar-refractivity contribution in [3.63, 3.8) is 0 Å². The quantitative estimate of drug-likeness (QED) is 0.731. The molecule has 3 aromatic rings. The number of para-hydroxylation sites is 3. The van der Waals surface area contributed by atoms with Crippen molar-refractivity contribution in [3.8, 4) is 11.6 Å². The number of anilines is 1. The number of nitrogen functional groups attached to an aromatic ring is 1. The van der Waals surface area contributed by atoms with Crippen molar-refractivity contribution in [2.75, 3.05) is 5.73 Å². The number of ether oxygens (including phenoxy) is 1. The van der Waals surface area contributed by atoms with E-state index in [2.05, 4.69) is 25.9 Å². The van der Waals surface area contributed by atoms with E-state index in [0.29, 0.717) is 17.3 Å². The van der Waals surface area contributed by atoms with Gasteiger partial charge in [-0.2, -0.15) is 0 Å². The zero-order valence-electron chi connectivity index (χ0n) is 9.88. The summed E-state index contributed by atoms with van der Waals surface area (Å²) < 4.78 is 6.48. The molecule has 0 saturated carbocycles. The molecule has 0 aliphatic rings. The molecule has 1 aromatic heterocycles. The van der Waals surface area contributed by atoms with Crippen molar-refractivity contribution in [1.82, 2.24) is 9.97 Å². The summed E-state index contributed by atoms with van der Waals surface area (Å²) in [5.41, 5.74) is 8.04. The average Bonchev–Trinajstić information content (AvgIpc) is 2.43. The van der Waals surface area contributed by atoms with Gasteiger partial charge in [-0.3, -0.25) is 0 Å². The normalized spacial score (nSPS) is 10.6. The maximum absolute atomic E-state index is 5.88. The van der Waals surface area contributed by atoms with Crippen LogP contribution in [-0.2, 0) is 0 Å². The Bertz CT molecular complexity index is 725. The summed E-state index contributed by atoms with van der Waals surface area (Å²) in [5.74, 6) is 0.962. The molecule has 0 unspecified atom stereocenters. The van der Waals surface area contributed by atoms with E-state index in [1.165, 1.54) is 0 Å². The lowest BCUT2D eigenvalue weighted by atomic mass is 10.3. The molecular formula is C14H10BrN3O. The maximum Gasteiger partial charge on any atom is 0.238 e. The van der Waals surface area contributed by atoms with E-state index in [9.17, 15) is 0 Å². The van der Waals surface area contributed by atoms with Crippen LogP contribution in [-0.4, -0.2) is 9.97 Å². The van der Waals surface area contributed by atoms with Gasteiger partial charge in [0.2, 0.25) is 5.88 Å². The second kappa shape index (κ2) is 4.85. The molecule has 0 aliphatic carbocycles. The number of nitrogens with zero attached hydrogens (tertiary/aromatic N) is 2. The van der Waals surface area contributed by atoms with Crippen LogP contribution in [0.2, 0.25) is 0 Å². The Morgan fingerprint density at radius 1 is 1.00 bits per heavy atom. The third-order valence-corrected chi connectivity index (χ3v) is 3.25. The Labute approximate surface area is 118 Å². The van der Waals surface area contributed by atoms with Crippen molar-refractivity contribution in [1.29, 1.82) is 0 Å². The molecule has 94 valence electrons. The lowest BCUT2D eigenvalue weighted by Crippen LogP contribution is -1.95. The lowest BCUT2D eigenvalue weighted by Gasteiger charge is -2.09. The molecule has 19 heavy (non-hydrogen) atoms. The van der Waals surface area contributed by atoms with Gasteiger partial charge in [0, 0.05) is 0 Å². The van der Waals surface area contributed by atoms with Gasteiger partial charge in [0.15, 0.2) is 5.75 Å². The lowest BCUT2D eigenvalue weighted by molar-refractivity contribution is 0.462. The molecule has 0 saturated heterocycles. The standard InChI is InChI=1S/C14H10BrN3O/c15-9-4-3-5-10(16)14(9)19-13-8-17-11-6-1-2-7-12(11)18-13/h1-8H,16H2. The van der Waals surface area contributed by atoms with Crippen LogP contribution < -0.4 is 10.5 Å². The average molecular weight is 316 g/mol. The highest BCUT2D eigenvalue weighted by Crippen LogP contribution is 2.34. The van der Waals surface area contributed by atoms with Crippen molar-refractivity contribution < 1.29 is 4.74 Å². The number of aromatic nitrogens is 2. The van der Waals surface area contributed by atoms with Gasteiger partial charge in [0.25, 0.3) is 0 Å². The topological polar surface area (TPSA) is 61.0 Å². The van der Waals surface area contributed by atoms with E-state index in [1.807, 2.05) is 36.4 Å². The second-order valence-electron chi connectivity index (χ2n) is 3.96. The van der Waals surface area contributed by atoms with Crippen LogP contribution >= 0.6 is 15.9 Å². The van der Waals surface area contributed by atoms with Crippen molar-refractivity contribution in [3.05, 3.63) is 53.1 Å². The smallest absolute Gasteiger partial charge is 0.238 e. The highest BCUT2D eigenvalue weighted by molar-refractivity contribution is 9.10. The van der Waals surface area contributed by atoms with Crippen LogP contribution in [0.5, 0.6) is 11.6 Å². The minimum atomic E-state index is 0.414. The summed E-state index contributed by atoms with van der Waals surface area (Å²) in [5, 5.41) is 0. The first-order valence-corrected chi connectivity index (χ1v) is 6.47. The van der Waals surface area contributed by atoms with Crippen LogP contribution in [0.3, 0.4) is 0 Å². The van der Waals surface area contributed by atoms with E-state index in [4.69, 9.17) is 10.5 Å². The Morgan fingerprint density at radius 2 is 1.79 bits per heavy atom. The molecule has 1 heterocycles. The molecule has 0 amide bonds. The number of hydrogen-bond acceptors (Lipinski definition) is 4. The first-order valence-electron chi connectivity index (χ1n) is 5.67. The first kappa shape index (κ1) is 11.9. The molecule has 0 radical (unpaired) electrons. The van der Waals surface area contributed by atoms with Crippen molar-refractivity contribution in [2.45, 2.75) is 0 Å². The Balaban J connectivity index is 2.01. The zero-order chi connectivity index (χ0) is 13.2. The van der Waals surface area contributed by atoms with Gasteiger partial charge >= 0.3 is 0 Å². The predicted octanol–water partition coefficient (Wildman–Crippen LogP) is 3.77. The third-order valence-electron chi connectivity index (χ3n) is 2.63. The fraction of sp³-hybridized carbons (Fsp3) is 0. The SMILES string of the molecule is Nc1cccc(Br)c1Oc1cnc2ccccc2n1. The number of nitrogens with two attached hydrogens (primary N) is 1. The molecule has 0 fully saturated rings. The second-order valence-corrected chi connectivity index (χ2v) is 4.81. The molecular weight excluding hydrogens is 306 g/mol. The molecule has 2 aromatic carbocycles. The van der Waals surface area contributed by atoms with E-state index >= 15 is 0 Å². The number of hydrogen-bond donors (Lipinski definition) is 1. The summed E-state index contributed by atoms with van der Waals surface area (Å²) in [4.78, 5) is 8.68. The summed E-state index contributed by atoms with van der Waals surface area (Å²) in [7, 11) is 0. The molecule has 2 N–H and O–H groups in total. The molecule has 0 bridgehead atoms. The van der Waals surface area contributed by atoms with Gasteiger partial charge in [-0.1, -0.05) is 18.2 Å². The fourth-order valence-electron chi connectivity index (χ4n) is 1.73. The van der Waals surface area contributed by atoms with Crippen molar-refractivity contribution >= 4 is 32.7 Å². The summed E-state index contributed by atoms with van der Waals surface area (Å²) in [6.45, 7) is 0. The fourth-order valence-corrected chi connectivity index (χ4v) is 2.19. The monoisotopic (exact) mass is 315 g/mol. The van der Waals surface area contributed by atoms with Gasteiger partial charge in [-0.25, -0.2) is 9.97 Å². The number of benzene rings is 2. The van der Waals surface area contributed by atoms with Crippen LogP contribution in [0.25, 0.3) is 11.0 Å². The Kier molecular flexibility index (Phi) is 3.05. The van der Waals surface area contributed by atoms with Gasteiger partial charge in [0.1, 0.15) is 0 Å². The van der Waals surface area contributed by atoms with Gasteiger partial charge in [0.05, 0.1) is 27.4 Å². The molecule has 3 rings (SSSR count). The molecule has 0 spiro atoms. The number of fused-ring (bicyclic) bond motifs is 1. The first-order chi connectivity index (χ1) is 9.24. The third kappa shape index (κ3) is 2.37.